The SMILES string of the molecule is C/C(=C\C(=O)C(Cl)Cl)N1CCCC1. The van der Waals surface area contributed by atoms with Gasteiger partial charge >= 0.3 is 0 Å². The molecule has 2 nitrogen and oxygen atoms in total. The van der Waals surface area contributed by atoms with E-state index >= 15 is 0 Å². The summed E-state index contributed by atoms with van der Waals surface area (Å²) in [6.45, 7) is 3.98. The average molecular weight is 222 g/mol. The number of halogens is 2. The molecule has 0 saturated carbocycles. The van der Waals surface area contributed by atoms with Gasteiger partial charge in [-0.2, -0.15) is 0 Å². The predicted octanol–water partition coefficient (Wildman–Crippen LogP) is 2.36. The first kappa shape index (κ1) is 10.9. The van der Waals surface area contributed by atoms with Crippen LogP contribution >= 0.6 is 23.2 Å². The van der Waals surface area contributed by atoms with Crippen molar-refractivity contribution in [3.05, 3.63) is 11.8 Å². The molecule has 0 aliphatic carbocycles. The third-order valence-corrected chi connectivity index (χ3v) is 2.60. The Morgan fingerprint density at radius 2 is 1.92 bits per heavy atom. The molecule has 0 amide bonds. The molecule has 0 aromatic carbocycles. The maximum atomic E-state index is 11.1. The molecule has 1 heterocycles. The smallest absolute Gasteiger partial charge is 0.190 e. The van der Waals surface area contributed by atoms with Crippen molar-refractivity contribution in [2.75, 3.05) is 13.1 Å². The second kappa shape index (κ2) is 4.87. The number of carbonyl (C=O) groups excluding carboxylic acids is 1. The fourth-order valence-electron chi connectivity index (χ4n) is 1.43. The number of allylic oxidation sites excluding steroid dienone is 2. The molecule has 0 atom stereocenters. The molecule has 1 rings (SSSR count). The third kappa shape index (κ3) is 3.20. The highest BCUT2D eigenvalue weighted by Gasteiger charge is 2.14. The van der Waals surface area contributed by atoms with Crippen molar-refractivity contribution in [1.29, 1.82) is 0 Å². The Morgan fingerprint density at radius 1 is 1.38 bits per heavy atom. The quantitative estimate of drug-likeness (QED) is 0.539. The summed E-state index contributed by atoms with van der Waals surface area (Å²) in [5.41, 5.74) is 0.966. The van der Waals surface area contributed by atoms with Gasteiger partial charge in [0.25, 0.3) is 0 Å². The van der Waals surface area contributed by atoms with E-state index in [1.165, 1.54) is 18.9 Å². The molecular formula is C9H13Cl2NO. The molecule has 0 N–H and O–H groups in total. The van der Waals surface area contributed by atoms with E-state index in [4.69, 9.17) is 23.2 Å². The Hall–Kier alpha value is -0.210. The number of likely N-dealkylation sites (tertiary alicyclic amines) is 1. The van der Waals surface area contributed by atoms with Crippen molar-refractivity contribution in [2.45, 2.75) is 24.6 Å². The molecule has 0 spiro atoms. The van der Waals surface area contributed by atoms with Crippen LogP contribution in [0, 0.1) is 0 Å². The van der Waals surface area contributed by atoms with Gasteiger partial charge in [-0.25, -0.2) is 0 Å². The van der Waals surface area contributed by atoms with E-state index < -0.39 is 4.84 Å². The average Bonchev–Trinajstić information content (AvgIpc) is 2.55. The molecule has 0 unspecified atom stereocenters. The Morgan fingerprint density at radius 3 is 2.38 bits per heavy atom. The Kier molecular flexibility index (Phi) is 4.07. The summed E-state index contributed by atoms with van der Waals surface area (Å²) in [7, 11) is 0. The van der Waals surface area contributed by atoms with Gasteiger partial charge in [0.2, 0.25) is 0 Å². The van der Waals surface area contributed by atoms with Crippen molar-refractivity contribution >= 4 is 29.0 Å². The molecule has 13 heavy (non-hydrogen) atoms. The third-order valence-electron chi connectivity index (χ3n) is 2.17. The minimum atomic E-state index is -0.933. The molecule has 0 aromatic rings. The van der Waals surface area contributed by atoms with E-state index in [0.717, 1.165) is 18.8 Å². The number of nitrogens with zero attached hydrogens (tertiary/aromatic N) is 1. The van der Waals surface area contributed by atoms with Crippen molar-refractivity contribution in [2.24, 2.45) is 0 Å². The zero-order valence-corrected chi connectivity index (χ0v) is 9.11. The normalized spacial score (nSPS) is 18.5. The lowest BCUT2D eigenvalue weighted by molar-refractivity contribution is -0.113. The molecule has 0 bridgehead atoms. The van der Waals surface area contributed by atoms with E-state index in [9.17, 15) is 4.79 Å². The summed E-state index contributed by atoms with van der Waals surface area (Å²) in [5, 5.41) is 0. The summed E-state index contributed by atoms with van der Waals surface area (Å²) in [6, 6.07) is 0. The van der Waals surface area contributed by atoms with Crippen molar-refractivity contribution in [3.63, 3.8) is 0 Å². The number of rotatable bonds is 3. The van der Waals surface area contributed by atoms with E-state index in [1.54, 1.807) is 0 Å². The van der Waals surface area contributed by atoms with Crippen molar-refractivity contribution in [3.8, 4) is 0 Å². The Balaban J connectivity index is 2.54. The topological polar surface area (TPSA) is 20.3 Å². The fourth-order valence-corrected chi connectivity index (χ4v) is 1.56. The van der Waals surface area contributed by atoms with E-state index in [-0.39, 0.29) is 5.78 Å². The number of ketones is 1. The fraction of sp³-hybridized carbons (Fsp3) is 0.667. The zero-order valence-electron chi connectivity index (χ0n) is 7.59. The lowest BCUT2D eigenvalue weighted by atomic mass is 10.3. The van der Waals surface area contributed by atoms with E-state index in [1.807, 2.05) is 6.92 Å². The Labute approximate surface area is 88.5 Å². The number of hydrogen-bond acceptors (Lipinski definition) is 2. The summed E-state index contributed by atoms with van der Waals surface area (Å²) in [4.78, 5) is 12.4. The van der Waals surface area contributed by atoms with Crippen LogP contribution in [0.1, 0.15) is 19.8 Å². The highest BCUT2D eigenvalue weighted by molar-refractivity contribution is 6.54. The number of alkyl halides is 2. The summed E-state index contributed by atoms with van der Waals surface area (Å²) in [6.07, 6.45) is 3.92. The lowest BCUT2D eigenvalue weighted by Crippen LogP contribution is -2.18. The molecule has 0 aromatic heterocycles. The maximum Gasteiger partial charge on any atom is 0.190 e. The van der Waals surface area contributed by atoms with Gasteiger partial charge in [0.1, 0.15) is 0 Å². The van der Waals surface area contributed by atoms with Crippen LogP contribution in [0.4, 0.5) is 0 Å². The first-order valence-corrected chi connectivity index (χ1v) is 5.24. The zero-order chi connectivity index (χ0) is 9.84. The van der Waals surface area contributed by atoms with Crippen LogP contribution in [0.5, 0.6) is 0 Å². The summed E-state index contributed by atoms with van der Waals surface area (Å²) >= 11 is 10.9. The summed E-state index contributed by atoms with van der Waals surface area (Å²) < 4.78 is 0. The molecular weight excluding hydrogens is 209 g/mol. The van der Waals surface area contributed by atoms with Crippen LogP contribution in [0.3, 0.4) is 0 Å². The monoisotopic (exact) mass is 221 g/mol. The van der Waals surface area contributed by atoms with Crippen molar-refractivity contribution in [1.82, 2.24) is 4.90 Å². The lowest BCUT2D eigenvalue weighted by Gasteiger charge is -2.17. The second-order valence-electron chi connectivity index (χ2n) is 3.18. The van der Waals surface area contributed by atoms with Crippen LogP contribution in [-0.2, 0) is 4.79 Å². The molecule has 1 aliphatic heterocycles. The van der Waals surface area contributed by atoms with Gasteiger partial charge in [0.15, 0.2) is 10.6 Å². The van der Waals surface area contributed by atoms with Gasteiger partial charge in [-0.3, -0.25) is 4.79 Å². The minimum Gasteiger partial charge on any atom is -0.375 e. The highest BCUT2D eigenvalue weighted by atomic mass is 35.5. The van der Waals surface area contributed by atoms with Crippen LogP contribution < -0.4 is 0 Å². The molecule has 1 aliphatic rings. The van der Waals surface area contributed by atoms with Crippen LogP contribution in [-0.4, -0.2) is 28.6 Å². The molecule has 74 valence electrons. The minimum absolute atomic E-state index is 0.229. The van der Waals surface area contributed by atoms with Crippen molar-refractivity contribution < 1.29 is 4.79 Å². The van der Waals surface area contributed by atoms with E-state index in [2.05, 4.69) is 4.90 Å². The molecule has 0 radical (unpaired) electrons. The van der Waals surface area contributed by atoms with Gasteiger partial charge in [-0.15, -0.1) is 0 Å². The summed E-state index contributed by atoms with van der Waals surface area (Å²) in [5.74, 6) is -0.229. The van der Waals surface area contributed by atoms with E-state index in [0.29, 0.717) is 0 Å². The largest absolute Gasteiger partial charge is 0.375 e. The number of hydrogen-bond donors (Lipinski definition) is 0. The molecule has 4 heteroatoms. The first-order valence-electron chi connectivity index (χ1n) is 4.36. The van der Waals surface area contributed by atoms with Gasteiger partial charge in [0.05, 0.1) is 0 Å². The predicted molar refractivity (Wildman–Crippen MR) is 55.1 cm³/mol. The van der Waals surface area contributed by atoms with Crippen LogP contribution in [0.25, 0.3) is 0 Å². The van der Waals surface area contributed by atoms with Gasteiger partial charge in [0, 0.05) is 24.9 Å². The number of carbonyl (C=O) groups is 1. The van der Waals surface area contributed by atoms with Crippen LogP contribution in [0.2, 0.25) is 0 Å². The Bertz CT molecular complexity index is 220. The van der Waals surface area contributed by atoms with Gasteiger partial charge in [-0.1, -0.05) is 23.2 Å². The first-order chi connectivity index (χ1) is 6.11. The van der Waals surface area contributed by atoms with Crippen LogP contribution in [0.15, 0.2) is 11.8 Å². The standard InChI is InChI=1S/C9H13Cl2NO/c1-7(6-8(13)9(10)11)12-4-2-3-5-12/h6,9H,2-5H2,1H3/b7-6+. The van der Waals surface area contributed by atoms with Gasteiger partial charge < -0.3 is 4.90 Å². The second-order valence-corrected chi connectivity index (χ2v) is 4.28. The molecule has 1 fully saturated rings. The van der Waals surface area contributed by atoms with Gasteiger partial charge in [-0.05, 0) is 19.8 Å². The molecule has 1 saturated heterocycles. The highest BCUT2D eigenvalue weighted by Crippen LogP contribution is 2.15. The maximum absolute atomic E-state index is 11.1.